The molecular formula is C40H24F14N2. The second kappa shape index (κ2) is 14.7. The van der Waals surface area contributed by atoms with E-state index in [0.29, 0.717) is 27.2 Å². The summed E-state index contributed by atoms with van der Waals surface area (Å²) in [5, 5.41) is 0. The van der Waals surface area contributed by atoms with Gasteiger partial charge in [0.1, 0.15) is 22.5 Å². The number of rotatable bonds is 7. The molecule has 5 aromatic carbocycles. The first-order valence-corrected chi connectivity index (χ1v) is 16.3. The van der Waals surface area contributed by atoms with Gasteiger partial charge in [0.2, 0.25) is 0 Å². The molecule has 1 aliphatic carbocycles. The molecule has 292 valence electrons. The van der Waals surface area contributed by atoms with Crippen LogP contribution in [0.15, 0.2) is 91.0 Å². The summed E-state index contributed by atoms with van der Waals surface area (Å²) in [5.74, 6) is -19.8. The van der Waals surface area contributed by atoms with Crippen LogP contribution in [0, 0.1) is 60.4 Å². The summed E-state index contributed by atoms with van der Waals surface area (Å²) in [6.45, 7) is 3.04. The molecule has 0 saturated carbocycles. The number of anilines is 5. The van der Waals surface area contributed by atoms with E-state index in [1.54, 1.807) is 12.2 Å². The molecule has 6 rings (SSSR count). The molecule has 0 aromatic heterocycles. The molecule has 0 radical (unpaired) electrons. The first-order valence-electron chi connectivity index (χ1n) is 16.3. The number of allylic oxidation sites excluding steroid dienone is 2. The zero-order valence-corrected chi connectivity index (χ0v) is 28.6. The van der Waals surface area contributed by atoms with Crippen molar-refractivity contribution in [2.45, 2.75) is 38.7 Å². The maximum absolute atomic E-state index is 15.4. The van der Waals surface area contributed by atoms with Crippen molar-refractivity contribution in [2.24, 2.45) is 0 Å². The molecule has 2 nitrogen and oxygen atoms in total. The molecule has 0 saturated heterocycles. The summed E-state index contributed by atoms with van der Waals surface area (Å²) in [6.07, 6.45) is -5.51. The van der Waals surface area contributed by atoms with E-state index in [9.17, 15) is 43.9 Å². The Balaban J connectivity index is 1.47. The van der Waals surface area contributed by atoms with Crippen LogP contribution in [0.2, 0.25) is 0 Å². The van der Waals surface area contributed by atoms with Crippen LogP contribution in [0.3, 0.4) is 0 Å². The van der Waals surface area contributed by atoms with Crippen molar-refractivity contribution < 1.29 is 61.5 Å². The van der Waals surface area contributed by atoms with Crippen LogP contribution < -0.4 is 9.80 Å². The lowest BCUT2D eigenvalue weighted by atomic mass is 9.94. The van der Waals surface area contributed by atoms with Crippen molar-refractivity contribution in [1.82, 2.24) is 0 Å². The third-order valence-corrected chi connectivity index (χ3v) is 9.06. The summed E-state index contributed by atoms with van der Waals surface area (Å²) in [7, 11) is 0. The number of nitrogens with zero attached hydrogens (tertiary/aromatic N) is 2. The smallest absolute Gasteiger partial charge is 0.329 e. The van der Waals surface area contributed by atoms with Crippen molar-refractivity contribution in [3.8, 4) is 11.1 Å². The molecule has 0 bridgehead atoms. The molecule has 1 atom stereocenters. The number of hydrogen-bond donors (Lipinski definition) is 0. The molecule has 56 heavy (non-hydrogen) atoms. The fourth-order valence-corrected chi connectivity index (χ4v) is 6.56. The average Bonchev–Trinajstić information content (AvgIpc) is 3.13. The molecule has 16 heteroatoms. The Kier molecular flexibility index (Phi) is 10.5. The summed E-state index contributed by atoms with van der Waals surface area (Å²) in [6, 6.07) is 13.8. The molecule has 1 unspecified atom stereocenters. The molecule has 5 aromatic rings. The SMILES string of the molecule is Cc1cc(N(c2ccccc2)c2c(F)c(F)c(C(F)(F)F)c(F)c2F)ccc1-c1ccc(N(c2c(F)c(F)c(C(F)(F)F)c(F)c2F)C2C=CC=CC2)cc1C. The minimum atomic E-state index is -5.77. The molecule has 0 heterocycles. The summed E-state index contributed by atoms with van der Waals surface area (Å²) < 4.78 is 201. The van der Waals surface area contributed by atoms with E-state index in [0.717, 1.165) is 4.90 Å². The van der Waals surface area contributed by atoms with E-state index in [1.165, 1.54) is 92.7 Å². The summed E-state index contributed by atoms with van der Waals surface area (Å²) in [5.41, 5.74) is -7.24. The number of hydrogen-bond acceptors (Lipinski definition) is 2. The van der Waals surface area contributed by atoms with Crippen molar-refractivity contribution >= 4 is 28.4 Å². The van der Waals surface area contributed by atoms with Crippen molar-refractivity contribution in [3.63, 3.8) is 0 Å². The number of halogens is 14. The standard InChI is InChI=1S/C40H24F14N2/c1-19-17-23(55(21-9-5-3-6-10-21)37-33(45)29(41)27(39(49,50)51)30(42)34(37)46)13-15-25(19)26-16-14-24(18-20(26)2)56(22-11-7-4-8-12-22)38-35(47)31(43)28(40(52,53)54)32(44)36(38)48/h3-11,13-18,22H,12H2,1-2H3. The van der Waals surface area contributed by atoms with Crippen molar-refractivity contribution in [3.05, 3.63) is 160 Å². The topological polar surface area (TPSA) is 6.48 Å². The maximum Gasteiger partial charge on any atom is 0.422 e. The highest BCUT2D eigenvalue weighted by Gasteiger charge is 2.45. The quantitative estimate of drug-likeness (QED) is 0.120. The lowest BCUT2D eigenvalue weighted by Gasteiger charge is -2.34. The average molecular weight is 799 g/mol. The van der Waals surface area contributed by atoms with Gasteiger partial charge in [0.25, 0.3) is 0 Å². The van der Waals surface area contributed by atoms with Gasteiger partial charge in [-0.05, 0) is 78.9 Å². The largest absolute Gasteiger partial charge is 0.422 e. The molecule has 1 aliphatic rings. The van der Waals surface area contributed by atoms with Crippen LogP contribution in [0.25, 0.3) is 11.1 Å². The molecule has 0 amide bonds. The van der Waals surface area contributed by atoms with Crippen LogP contribution in [0.4, 0.5) is 89.9 Å². The van der Waals surface area contributed by atoms with Crippen LogP contribution in [-0.2, 0) is 12.4 Å². The van der Waals surface area contributed by atoms with Gasteiger partial charge in [-0.25, -0.2) is 35.1 Å². The van der Waals surface area contributed by atoms with Crippen molar-refractivity contribution in [1.29, 1.82) is 0 Å². The Hall–Kier alpha value is -5.80. The molecule has 0 N–H and O–H groups in total. The fraction of sp³-hybridized carbons (Fsp3) is 0.150. The first kappa shape index (κ1) is 39.9. The second-order valence-corrected chi connectivity index (χ2v) is 12.6. The highest BCUT2D eigenvalue weighted by atomic mass is 19.4. The molecule has 0 spiro atoms. The van der Waals surface area contributed by atoms with E-state index in [2.05, 4.69) is 0 Å². The summed E-state index contributed by atoms with van der Waals surface area (Å²) in [4.78, 5) is 1.49. The van der Waals surface area contributed by atoms with Crippen molar-refractivity contribution in [2.75, 3.05) is 9.80 Å². The zero-order valence-electron chi connectivity index (χ0n) is 28.6. The number of para-hydroxylation sites is 1. The van der Waals surface area contributed by atoms with Gasteiger partial charge in [0, 0.05) is 17.1 Å². The Morgan fingerprint density at radius 3 is 1.38 bits per heavy atom. The van der Waals surface area contributed by atoms with E-state index >= 15 is 17.6 Å². The number of aryl methyl sites for hydroxylation is 2. The summed E-state index contributed by atoms with van der Waals surface area (Å²) >= 11 is 0. The van der Waals surface area contributed by atoms with Crippen LogP contribution >= 0.6 is 0 Å². The van der Waals surface area contributed by atoms with Gasteiger partial charge in [-0.15, -0.1) is 0 Å². The zero-order chi connectivity index (χ0) is 41.0. The van der Waals surface area contributed by atoms with Gasteiger partial charge in [-0.1, -0.05) is 54.6 Å². The van der Waals surface area contributed by atoms with E-state index in [1.807, 2.05) is 0 Å². The Morgan fingerprint density at radius 2 is 0.946 bits per heavy atom. The Bertz CT molecular complexity index is 2340. The highest BCUT2D eigenvalue weighted by molar-refractivity contribution is 5.82. The first-order chi connectivity index (χ1) is 26.2. The highest BCUT2D eigenvalue weighted by Crippen LogP contribution is 2.46. The van der Waals surface area contributed by atoms with E-state index < -0.39 is 87.4 Å². The van der Waals surface area contributed by atoms with E-state index in [-0.39, 0.29) is 23.5 Å². The van der Waals surface area contributed by atoms with Crippen LogP contribution in [0.1, 0.15) is 28.7 Å². The number of benzene rings is 5. The van der Waals surface area contributed by atoms with Gasteiger partial charge >= 0.3 is 12.4 Å². The van der Waals surface area contributed by atoms with Gasteiger partial charge in [0.15, 0.2) is 46.5 Å². The lowest BCUT2D eigenvalue weighted by Crippen LogP contribution is -2.32. The Labute approximate surface area is 309 Å². The van der Waals surface area contributed by atoms with Gasteiger partial charge in [-0.3, -0.25) is 0 Å². The second-order valence-electron chi connectivity index (χ2n) is 12.6. The number of alkyl halides is 6. The molecule has 0 aliphatic heterocycles. The van der Waals surface area contributed by atoms with E-state index in [4.69, 9.17) is 0 Å². The monoisotopic (exact) mass is 798 g/mol. The third kappa shape index (κ3) is 6.96. The van der Waals surface area contributed by atoms with Gasteiger partial charge in [0.05, 0.1) is 6.04 Å². The normalized spacial score (nSPS) is 14.4. The van der Waals surface area contributed by atoms with Crippen LogP contribution in [0.5, 0.6) is 0 Å². The molecular weight excluding hydrogens is 774 g/mol. The van der Waals surface area contributed by atoms with Gasteiger partial charge < -0.3 is 9.80 Å². The Morgan fingerprint density at radius 1 is 0.500 bits per heavy atom. The van der Waals surface area contributed by atoms with Crippen LogP contribution in [-0.4, -0.2) is 6.04 Å². The maximum atomic E-state index is 15.4. The third-order valence-electron chi connectivity index (χ3n) is 9.06. The van der Waals surface area contributed by atoms with Gasteiger partial charge in [-0.2, -0.15) is 26.3 Å². The minimum Gasteiger partial charge on any atom is -0.329 e. The lowest BCUT2D eigenvalue weighted by molar-refractivity contribution is -0.144. The predicted molar refractivity (Wildman–Crippen MR) is 181 cm³/mol. The molecule has 0 fully saturated rings. The fourth-order valence-electron chi connectivity index (χ4n) is 6.56. The predicted octanol–water partition coefficient (Wildman–Crippen LogP) is 13.6. The minimum absolute atomic E-state index is 0.0207.